The number of hydrogen-bond donors (Lipinski definition) is 0. The van der Waals surface area contributed by atoms with Crippen LogP contribution in [-0.2, 0) is 0 Å². The lowest BCUT2D eigenvalue weighted by atomic mass is 9.83. The van der Waals surface area contributed by atoms with Crippen molar-refractivity contribution in [3.63, 3.8) is 0 Å². The minimum absolute atomic E-state index is 0.220. The van der Waals surface area contributed by atoms with E-state index in [1.807, 2.05) is 0 Å². The SMILES string of the molecule is CC[C@@H]1CN(C(C)(C)CCC(C)(C)N2[C@H](C)CN(C(C)(C)C)C[C@@H]2C)CCN1C(C)(C)C. The Balaban J connectivity index is 2.03. The molecule has 2 fully saturated rings. The molecule has 0 bridgehead atoms. The fraction of sp³-hybridized carbons (Fsp3) is 1.00. The van der Waals surface area contributed by atoms with Crippen molar-refractivity contribution in [1.82, 2.24) is 19.6 Å². The van der Waals surface area contributed by atoms with E-state index < -0.39 is 0 Å². The maximum Gasteiger partial charge on any atom is 0.0226 e. The summed E-state index contributed by atoms with van der Waals surface area (Å²) < 4.78 is 0. The molecule has 2 saturated heterocycles. The summed E-state index contributed by atoms with van der Waals surface area (Å²) in [5.41, 5.74) is 0.984. The molecule has 2 rings (SSSR count). The van der Waals surface area contributed by atoms with Crippen molar-refractivity contribution in [2.24, 2.45) is 0 Å². The van der Waals surface area contributed by atoms with E-state index in [1.54, 1.807) is 0 Å². The maximum absolute atomic E-state index is 2.83. The van der Waals surface area contributed by atoms with Crippen molar-refractivity contribution >= 4 is 0 Å². The number of rotatable bonds is 6. The Morgan fingerprint density at radius 3 is 1.56 bits per heavy atom. The largest absolute Gasteiger partial charge is 0.295 e. The van der Waals surface area contributed by atoms with Crippen LogP contribution in [0, 0.1) is 0 Å². The fourth-order valence-corrected chi connectivity index (χ4v) is 6.60. The van der Waals surface area contributed by atoms with Crippen molar-refractivity contribution in [2.45, 2.75) is 150 Å². The van der Waals surface area contributed by atoms with Crippen molar-refractivity contribution in [2.75, 3.05) is 32.7 Å². The number of nitrogens with zero attached hydrogens (tertiary/aromatic N) is 4. The van der Waals surface area contributed by atoms with Crippen LogP contribution in [0.25, 0.3) is 0 Å². The smallest absolute Gasteiger partial charge is 0.0226 e. The van der Waals surface area contributed by atoms with Crippen molar-refractivity contribution < 1.29 is 0 Å². The third-order valence-electron chi connectivity index (χ3n) is 8.59. The molecule has 4 heteroatoms. The minimum Gasteiger partial charge on any atom is -0.295 e. The van der Waals surface area contributed by atoms with Gasteiger partial charge in [0.25, 0.3) is 0 Å². The molecule has 0 amide bonds. The Hall–Kier alpha value is -0.160. The lowest BCUT2D eigenvalue weighted by Crippen LogP contribution is -2.66. The summed E-state index contributed by atoms with van der Waals surface area (Å²) in [5.74, 6) is 0. The first-order valence-corrected chi connectivity index (χ1v) is 13.5. The first kappa shape index (κ1) is 28.1. The van der Waals surface area contributed by atoms with Crippen LogP contribution in [0.1, 0.15) is 109 Å². The van der Waals surface area contributed by atoms with Crippen LogP contribution in [0.2, 0.25) is 0 Å². The van der Waals surface area contributed by atoms with Crippen LogP contribution >= 0.6 is 0 Å². The molecule has 0 aromatic rings. The molecule has 0 N–H and O–H groups in total. The van der Waals surface area contributed by atoms with E-state index in [4.69, 9.17) is 0 Å². The highest BCUT2D eigenvalue weighted by Crippen LogP contribution is 2.35. The van der Waals surface area contributed by atoms with E-state index in [-0.39, 0.29) is 22.2 Å². The Morgan fingerprint density at radius 2 is 1.12 bits per heavy atom. The van der Waals surface area contributed by atoms with Gasteiger partial charge >= 0.3 is 0 Å². The molecule has 0 aliphatic carbocycles. The molecule has 2 aliphatic heterocycles. The van der Waals surface area contributed by atoms with E-state index in [2.05, 4.69) is 110 Å². The maximum atomic E-state index is 2.83. The van der Waals surface area contributed by atoms with E-state index in [1.165, 1.54) is 52.0 Å². The summed E-state index contributed by atoms with van der Waals surface area (Å²) in [6.07, 6.45) is 3.74. The third kappa shape index (κ3) is 6.49. The third-order valence-corrected chi connectivity index (χ3v) is 8.59. The van der Waals surface area contributed by atoms with Gasteiger partial charge in [-0.2, -0.15) is 0 Å². The van der Waals surface area contributed by atoms with Crippen LogP contribution in [0.3, 0.4) is 0 Å². The van der Waals surface area contributed by atoms with Gasteiger partial charge in [-0.15, -0.1) is 0 Å². The molecule has 3 atom stereocenters. The summed E-state index contributed by atoms with van der Waals surface area (Å²) in [7, 11) is 0. The van der Waals surface area contributed by atoms with Gasteiger partial charge in [-0.1, -0.05) is 6.92 Å². The Morgan fingerprint density at radius 1 is 0.625 bits per heavy atom. The van der Waals surface area contributed by atoms with Gasteiger partial charge in [0.05, 0.1) is 0 Å². The molecule has 4 nitrogen and oxygen atoms in total. The van der Waals surface area contributed by atoms with E-state index >= 15 is 0 Å². The number of hydrogen-bond acceptors (Lipinski definition) is 4. The van der Waals surface area contributed by atoms with Crippen molar-refractivity contribution in [3.8, 4) is 0 Å². The zero-order valence-corrected chi connectivity index (χ0v) is 24.2. The zero-order chi connectivity index (χ0) is 24.7. The number of piperazine rings is 2. The van der Waals surface area contributed by atoms with Gasteiger partial charge in [0.1, 0.15) is 0 Å². The molecule has 0 radical (unpaired) electrons. The van der Waals surface area contributed by atoms with E-state index in [0.29, 0.717) is 18.1 Å². The van der Waals surface area contributed by atoms with Gasteiger partial charge in [0.2, 0.25) is 0 Å². The highest BCUT2D eigenvalue weighted by Gasteiger charge is 2.43. The molecule has 0 aromatic heterocycles. The quantitative estimate of drug-likeness (QED) is 0.513. The minimum atomic E-state index is 0.220. The average Bonchev–Trinajstić information content (AvgIpc) is 2.63. The van der Waals surface area contributed by atoms with Gasteiger partial charge in [0, 0.05) is 73.0 Å². The molecule has 0 aromatic carbocycles. The fourth-order valence-electron chi connectivity index (χ4n) is 6.60. The monoisotopic (exact) mass is 450 g/mol. The second-order valence-corrected chi connectivity index (χ2v) is 14.2. The highest BCUT2D eigenvalue weighted by molar-refractivity contribution is 4.99. The molecule has 0 spiro atoms. The Kier molecular flexibility index (Phi) is 8.63. The average molecular weight is 451 g/mol. The summed E-state index contributed by atoms with van der Waals surface area (Å²) in [6.45, 7) is 37.4. The van der Waals surface area contributed by atoms with Gasteiger partial charge in [-0.05, 0) is 102 Å². The first-order valence-electron chi connectivity index (χ1n) is 13.5. The van der Waals surface area contributed by atoms with Crippen LogP contribution in [0.5, 0.6) is 0 Å². The van der Waals surface area contributed by atoms with Crippen LogP contribution < -0.4 is 0 Å². The lowest BCUT2D eigenvalue weighted by molar-refractivity contribution is -0.0674. The normalized spacial score (nSPS) is 29.0. The van der Waals surface area contributed by atoms with E-state index in [9.17, 15) is 0 Å². The van der Waals surface area contributed by atoms with Crippen LogP contribution in [0.4, 0.5) is 0 Å². The zero-order valence-electron chi connectivity index (χ0n) is 24.2. The predicted octanol–water partition coefficient (Wildman–Crippen LogP) is 5.71. The molecule has 2 aliphatic rings. The lowest BCUT2D eigenvalue weighted by Gasteiger charge is -2.56. The second-order valence-electron chi connectivity index (χ2n) is 14.2. The second kappa shape index (κ2) is 9.84. The van der Waals surface area contributed by atoms with Crippen LogP contribution in [0.15, 0.2) is 0 Å². The highest BCUT2D eigenvalue weighted by atomic mass is 15.4. The van der Waals surface area contributed by atoms with Gasteiger partial charge in [-0.3, -0.25) is 19.6 Å². The summed E-state index contributed by atoms with van der Waals surface area (Å²) in [4.78, 5) is 11.0. The van der Waals surface area contributed by atoms with Gasteiger partial charge in [-0.25, -0.2) is 0 Å². The van der Waals surface area contributed by atoms with Crippen molar-refractivity contribution in [1.29, 1.82) is 0 Å². The van der Waals surface area contributed by atoms with Crippen molar-refractivity contribution in [3.05, 3.63) is 0 Å². The molecule has 2 heterocycles. The molecule has 190 valence electrons. The standard InChI is InChI=1S/C28H58N4/c1-14-24-21-29(17-18-31(24)26(7,8)9)27(10,11)15-16-28(12,13)32-22(2)19-30(20-23(32)3)25(4,5)6/h22-24H,14-21H2,1-13H3/t22-,23+,24-/m1/s1. The molecule has 0 saturated carbocycles. The molecule has 32 heavy (non-hydrogen) atoms. The topological polar surface area (TPSA) is 13.0 Å². The summed E-state index contributed by atoms with van der Waals surface area (Å²) in [5, 5.41) is 0. The van der Waals surface area contributed by atoms with Gasteiger partial charge in [0.15, 0.2) is 0 Å². The summed E-state index contributed by atoms with van der Waals surface area (Å²) in [6, 6.07) is 1.85. The molecule has 0 unspecified atom stereocenters. The van der Waals surface area contributed by atoms with E-state index in [0.717, 1.165) is 0 Å². The first-order chi connectivity index (χ1) is 14.4. The predicted molar refractivity (Wildman–Crippen MR) is 142 cm³/mol. The van der Waals surface area contributed by atoms with Crippen LogP contribution in [-0.4, -0.2) is 92.6 Å². The Labute approximate surface area is 202 Å². The summed E-state index contributed by atoms with van der Waals surface area (Å²) >= 11 is 0. The molecular weight excluding hydrogens is 392 g/mol. The van der Waals surface area contributed by atoms with Gasteiger partial charge < -0.3 is 0 Å². The Bertz CT molecular complexity index is 586. The molecular formula is C28H58N4.